The van der Waals surface area contributed by atoms with E-state index >= 15 is 0 Å². The highest BCUT2D eigenvalue weighted by atomic mass is 16.7. The Balaban J connectivity index is 2.15. The molecule has 5 heteroatoms. The molecule has 0 aliphatic carbocycles. The van der Waals surface area contributed by atoms with Crippen LogP contribution in [0.4, 0.5) is 5.69 Å². The molecule has 1 aliphatic heterocycles. The van der Waals surface area contributed by atoms with E-state index in [9.17, 15) is 0 Å². The van der Waals surface area contributed by atoms with Crippen LogP contribution in [-0.2, 0) is 15.3 Å². The second kappa shape index (κ2) is 7.92. The van der Waals surface area contributed by atoms with Crippen molar-refractivity contribution in [3.63, 3.8) is 0 Å². The summed E-state index contributed by atoms with van der Waals surface area (Å²) in [5, 5.41) is 0. The van der Waals surface area contributed by atoms with Gasteiger partial charge in [-0.15, -0.1) is 0 Å². The first-order valence-electron chi connectivity index (χ1n) is 8.17. The average molecular weight is 307 g/mol. The van der Waals surface area contributed by atoms with Gasteiger partial charge in [-0.3, -0.25) is 0 Å². The minimum atomic E-state index is -0.829. The lowest BCUT2D eigenvalue weighted by Gasteiger charge is -2.35. The van der Waals surface area contributed by atoms with E-state index in [2.05, 4.69) is 41.1 Å². The van der Waals surface area contributed by atoms with Gasteiger partial charge >= 0.3 is 0 Å². The van der Waals surface area contributed by atoms with Crippen LogP contribution in [0.1, 0.15) is 19.4 Å². The first-order valence-corrected chi connectivity index (χ1v) is 8.17. The van der Waals surface area contributed by atoms with Crippen LogP contribution in [0.3, 0.4) is 0 Å². The van der Waals surface area contributed by atoms with Gasteiger partial charge in [0.25, 0.3) is 0 Å². The Labute approximate surface area is 134 Å². The number of benzene rings is 1. The molecule has 1 aliphatic rings. The van der Waals surface area contributed by atoms with Crippen LogP contribution in [0.2, 0.25) is 0 Å². The lowest BCUT2D eigenvalue weighted by Crippen LogP contribution is -2.44. The summed E-state index contributed by atoms with van der Waals surface area (Å²) in [4.78, 5) is 4.77. The van der Waals surface area contributed by atoms with Crippen LogP contribution < -0.4 is 10.6 Å². The van der Waals surface area contributed by atoms with Gasteiger partial charge in [0.1, 0.15) is 0 Å². The molecule has 22 heavy (non-hydrogen) atoms. The third-order valence-corrected chi connectivity index (χ3v) is 4.20. The zero-order valence-electron chi connectivity index (χ0n) is 14.0. The van der Waals surface area contributed by atoms with Crippen LogP contribution in [0.5, 0.6) is 0 Å². The monoisotopic (exact) mass is 307 g/mol. The standard InChI is InChI=1S/C17H29N3O2/c1-4-21-17(14-18,22-5-2)15-6-8-16(9-7-15)20-12-10-19(3)11-13-20/h6-9H,4-5,10-14,18H2,1-3H3. The molecule has 1 aromatic carbocycles. The molecule has 124 valence electrons. The van der Waals surface area contributed by atoms with Crippen molar-refractivity contribution in [2.75, 3.05) is 57.9 Å². The molecule has 0 radical (unpaired) electrons. The summed E-state index contributed by atoms with van der Waals surface area (Å²) in [7, 11) is 2.17. The maximum Gasteiger partial charge on any atom is 0.207 e. The number of nitrogens with zero attached hydrogens (tertiary/aromatic N) is 2. The molecule has 0 unspecified atom stereocenters. The molecule has 2 rings (SSSR count). The Morgan fingerprint density at radius 1 is 1.00 bits per heavy atom. The Hall–Kier alpha value is -1.14. The number of anilines is 1. The molecule has 0 atom stereocenters. The van der Waals surface area contributed by atoms with E-state index < -0.39 is 5.79 Å². The molecule has 0 amide bonds. The van der Waals surface area contributed by atoms with Gasteiger partial charge in [0, 0.05) is 50.6 Å². The largest absolute Gasteiger partial charge is 0.369 e. The number of hydrogen-bond donors (Lipinski definition) is 1. The van der Waals surface area contributed by atoms with Gasteiger partial charge in [-0.2, -0.15) is 0 Å². The predicted octanol–water partition coefficient (Wildman–Crippen LogP) is 1.62. The van der Waals surface area contributed by atoms with E-state index in [1.807, 2.05) is 13.8 Å². The molecule has 2 N–H and O–H groups in total. The van der Waals surface area contributed by atoms with E-state index in [1.54, 1.807) is 0 Å². The highest BCUT2D eigenvalue weighted by molar-refractivity contribution is 5.48. The summed E-state index contributed by atoms with van der Waals surface area (Å²) in [5.74, 6) is -0.829. The molecule has 5 nitrogen and oxygen atoms in total. The molecular formula is C17H29N3O2. The quantitative estimate of drug-likeness (QED) is 0.776. The van der Waals surface area contributed by atoms with E-state index in [0.29, 0.717) is 19.8 Å². The number of nitrogens with two attached hydrogens (primary N) is 1. The van der Waals surface area contributed by atoms with Crippen molar-refractivity contribution >= 4 is 5.69 Å². The first-order chi connectivity index (χ1) is 10.6. The third kappa shape index (κ3) is 3.79. The second-order valence-corrected chi connectivity index (χ2v) is 5.66. The van der Waals surface area contributed by atoms with E-state index in [4.69, 9.17) is 15.2 Å². The zero-order chi connectivity index (χ0) is 16.0. The van der Waals surface area contributed by atoms with Crippen molar-refractivity contribution < 1.29 is 9.47 Å². The lowest BCUT2D eigenvalue weighted by molar-refractivity contribution is -0.235. The van der Waals surface area contributed by atoms with Gasteiger partial charge in [0.05, 0.1) is 6.54 Å². The van der Waals surface area contributed by atoms with Crippen LogP contribution in [-0.4, -0.2) is 57.9 Å². The van der Waals surface area contributed by atoms with Gasteiger partial charge in [0.15, 0.2) is 0 Å². The first kappa shape index (κ1) is 17.2. The summed E-state index contributed by atoms with van der Waals surface area (Å²) < 4.78 is 11.7. The third-order valence-electron chi connectivity index (χ3n) is 4.20. The SMILES string of the molecule is CCOC(CN)(OCC)c1ccc(N2CCN(C)CC2)cc1. The molecular weight excluding hydrogens is 278 g/mol. The fourth-order valence-electron chi connectivity index (χ4n) is 2.90. The minimum absolute atomic E-state index is 0.308. The van der Waals surface area contributed by atoms with Crippen molar-refractivity contribution in [2.45, 2.75) is 19.6 Å². The minimum Gasteiger partial charge on any atom is -0.369 e. The molecule has 1 heterocycles. The van der Waals surface area contributed by atoms with E-state index in [1.165, 1.54) is 5.69 Å². The Kier molecular flexibility index (Phi) is 6.20. The van der Waals surface area contributed by atoms with E-state index in [-0.39, 0.29) is 0 Å². The van der Waals surface area contributed by atoms with Crippen molar-refractivity contribution in [3.05, 3.63) is 29.8 Å². The van der Waals surface area contributed by atoms with Gasteiger partial charge in [-0.1, -0.05) is 12.1 Å². The summed E-state index contributed by atoms with van der Waals surface area (Å²) >= 11 is 0. The van der Waals surface area contributed by atoms with Crippen molar-refractivity contribution in [3.8, 4) is 0 Å². The molecule has 0 bridgehead atoms. The highest BCUT2D eigenvalue weighted by Crippen LogP contribution is 2.28. The molecule has 1 aromatic rings. The summed E-state index contributed by atoms with van der Waals surface area (Å²) in [6.07, 6.45) is 0. The smallest absolute Gasteiger partial charge is 0.207 e. The topological polar surface area (TPSA) is 51.0 Å². The fourth-order valence-corrected chi connectivity index (χ4v) is 2.90. The summed E-state index contributed by atoms with van der Waals surface area (Å²) in [6, 6.07) is 8.43. The summed E-state index contributed by atoms with van der Waals surface area (Å²) in [6.45, 7) is 9.70. The maximum absolute atomic E-state index is 5.94. The molecule has 0 saturated carbocycles. The molecule has 0 spiro atoms. The number of hydrogen-bond acceptors (Lipinski definition) is 5. The van der Waals surface area contributed by atoms with Crippen LogP contribution in [0, 0.1) is 0 Å². The fraction of sp³-hybridized carbons (Fsp3) is 0.647. The maximum atomic E-state index is 5.94. The second-order valence-electron chi connectivity index (χ2n) is 5.66. The Morgan fingerprint density at radius 3 is 2.00 bits per heavy atom. The molecule has 1 fully saturated rings. The normalized spacial score (nSPS) is 17.0. The van der Waals surface area contributed by atoms with E-state index in [0.717, 1.165) is 31.7 Å². The van der Waals surface area contributed by atoms with Gasteiger partial charge in [-0.05, 0) is 33.0 Å². The van der Waals surface area contributed by atoms with Gasteiger partial charge < -0.3 is 25.0 Å². The number of likely N-dealkylation sites (N-methyl/N-ethyl adjacent to an activating group) is 1. The van der Waals surface area contributed by atoms with Crippen LogP contribution in [0.15, 0.2) is 24.3 Å². The van der Waals surface area contributed by atoms with Crippen molar-refractivity contribution in [2.24, 2.45) is 5.73 Å². The summed E-state index contributed by atoms with van der Waals surface area (Å²) in [5.41, 5.74) is 8.17. The number of piperazine rings is 1. The van der Waals surface area contributed by atoms with Crippen molar-refractivity contribution in [1.29, 1.82) is 0 Å². The van der Waals surface area contributed by atoms with Gasteiger partial charge in [-0.25, -0.2) is 0 Å². The number of rotatable bonds is 7. The lowest BCUT2D eigenvalue weighted by atomic mass is 10.0. The molecule has 0 aromatic heterocycles. The number of ether oxygens (including phenoxy) is 2. The van der Waals surface area contributed by atoms with Crippen molar-refractivity contribution in [1.82, 2.24) is 4.90 Å². The Bertz CT molecular complexity index is 436. The highest BCUT2D eigenvalue weighted by Gasteiger charge is 2.32. The molecule has 1 saturated heterocycles. The average Bonchev–Trinajstić information content (AvgIpc) is 2.55. The zero-order valence-corrected chi connectivity index (χ0v) is 14.0. The van der Waals surface area contributed by atoms with Crippen LogP contribution in [0.25, 0.3) is 0 Å². The van der Waals surface area contributed by atoms with Gasteiger partial charge in [0.2, 0.25) is 5.79 Å². The van der Waals surface area contributed by atoms with Crippen LogP contribution >= 0.6 is 0 Å². The predicted molar refractivity (Wildman–Crippen MR) is 90.1 cm³/mol. The Morgan fingerprint density at radius 2 is 1.55 bits per heavy atom.